The van der Waals surface area contributed by atoms with E-state index in [1.165, 1.54) is 6.26 Å². The Labute approximate surface area is 252 Å². The first-order valence-electron chi connectivity index (χ1n) is 14.7. The van der Waals surface area contributed by atoms with Crippen molar-refractivity contribution in [2.24, 2.45) is 0 Å². The third kappa shape index (κ3) is 7.28. The van der Waals surface area contributed by atoms with Gasteiger partial charge in [0.25, 0.3) is 5.91 Å². The van der Waals surface area contributed by atoms with Crippen molar-refractivity contribution in [3.63, 3.8) is 0 Å². The Bertz CT molecular complexity index is 1750. The van der Waals surface area contributed by atoms with Crippen molar-refractivity contribution in [2.75, 3.05) is 13.1 Å². The first-order valence-corrected chi connectivity index (χ1v) is 14.7. The highest BCUT2D eigenvalue weighted by Crippen LogP contribution is 2.21. The van der Waals surface area contributed by atoms with Crippen LogP contribution in [0.15, 0.2) is 119 Å². The molecular formula is C37H36N2O4. The molecule has 5 aromatic rings. The van der Waals surface area contributed by atoms with Crippen molar-refractivity contribution in [3.8, 4) is 11.1 Å². The molecule has 0 spiro atoms. The predicted molar refractivity (Wildman–Crippen MR) is 171 cm³/mol. The van der Waals surface area contributed by atoms with Gasteiger partial charge in [0.2, 0.25) is 5.91 Å². The van der Waals surface area contributed by atoms with Gasteiger partial charge in [-0.3, -0.25) is 14.4 Å². The molecule has 0 radical (unpaired) electrons. The fourth-order valence-electron chi connectivity index (χ4n) is 5.12. The maximum Gasteiger partial charge on any atom is 0.254 e. The van der Waals surface area contributed by atoms with Crippen LogP contribution in [0, 0.1) is 6.92 Å². The van der Waals surface area contributed by atoms with Gasteiger partial charge in [-0.15, -0.1) is 0 Å². The molecule has 0 bridgehead atoms. The lowest BCUT2D eigenvalue weighted by atomic mass is 10.0. The fraction of sp³-hybridized carbons (Fsp3) is 0.216. The van der Waals surface area contributed by atoms with Gasteiger partial charge >= 0.3 is 0 Å². The van der Waals surface area contributed by atoms with Crippen LogP contribution in [0.4, 0.5) is 0 Å². The molecule has 218 valence electrons. The summed E-state index contributed by atoms with van der Waals surface area (Å²) in [7, 11) is 0. The molecule has 43 heavy (non-hydrogen) atoms. The summed E-state index contributed by atoms with van der Waals surface area (Å²) in [5.41, 5.74) is 5.25. The maximum atomic E-state index is 13.9. The van der Waals surface area contributed by atoms with Crippen LogP contribution in [0.5, 0.6) is 0 Å². The molecule has 0 saturated carbocycles. The first-order chi connectivity index (χ1) is 20.9. The van der Waals surface area contributed by atoms with Gasteiger partial charge < -0.3 is 14.2 Å². The number of benzene rings is 4. The Morgan fingerprint density at radius 1 is 0.767 bits per heavy atom. The summed E-state index contributed by atoms with van der Waals surface area (Å²) in [6.07, 6.45) is 3.10. The topological polar surface area (TPSA) is 70.8 Å². The molecule has 6 nitrogen and oxygen atoms in total. The van der Waals surface area contributed by atoms with E-state index < -0.39 is 0 Å². The molecule has 0 saturated heterocycles. The van der Waals surface area contributed by atoms with Gasteiger partial charge in [-0.25, -0.2) is 0 Å². The van der Waals surface area contributed by atoms with Crippen molar-refractivity contribution in [1.29, 1.82) is 0 Å². The van der Waals surface area contributed by atoms with E-state index in [0.29, 0.717) is 35.2 Å². The molecule has 0 atom stereocenters. The standard InChI is InChI=1S/C37H36N2O4/c1-3-4-21-38(37(42)31-18-16-30(17-19-31)29-13-9-6-10-14-29)25-35(40)39(23-28-11-7-5-8-12-28)24-32-26-43-34-20-15-27(2)22-33(34)36(32)41/h5-20,22,26H,3-4,21,23-25H2,1-2H3. The van der Waals surface area contributed by atoms with Gasteiger partial charge in [-0.05, 0) is 54.3 Å². The lowest BCUT2D eigenvalue weighted by Crippen LogP contribution is -2.43. The number of rotatable bonds is 11. The number of amides is 2. The minimum atomic E-state index is -0.238. The van der Waals surface area contributed by atoms with E-state index in [2.05, 4.69) is 6.92 Å². The van der Waals surface area contributed by atoms with Gasteiger partial charge in [0, 0.05) is 18.7 Å². The summed E-state index contributed by atoms with van der Waals surface area (Å²) in [4.78, 5) is 44.3. The number of aryl methyl sites for hydroxylation is 1. The van der Waals surface area contributed by atoms with Crippen LogP contribution in [0.25, 0.3) is 22.1 Å². The minimum Gasteiger partial charge on any atom is -0.464 e. The number of unbranched alkanes of at least 4 members (excludes halogenated alkanes) is 1. The van der Waals surface area contributed by atoms with Crippen LogP contribution >= 0.6 is 0 Å². The van der Waals surface area contributed by atoms with Gasteiger partial charge in [0.05, 0.1) is 23.8 Å². The quantitative estimate of drug-likeness (QED) is 0.167. The highest BCUT2D eigenvalue weighted by atomic mass is 16.3. The van der Waals surface area contributed by atoms with Crippen LogP contribution in [0.3, 0.4) is 0 Å². The number of carbonyl (C=O) groups is 2. The van der Waals surface area contributed by atoms with Crippen molar-refractivity contribution < 1.29 is 14.0 Å². The van der Waals surface area contributed by atoms with Crippen LogP contribution in [-0.4, -0.2) is 34.7 Å². The van der Waals surface area contributed by atoms with Crippen LogP contribution < -0.4 is 5.43 Å². The highest BCUT2D eigenvalue weighted by molar-refractivity contribution is 5.97. The predicted octanol–water partition coefficient (Wildman–Crippen LogP) is 7.24. The summed E-state index contributed by atoms with van der Waals surface area (Å²) in [5, 5.41) is 0.489. The smallest absolute Gasteiger partial charge is 0.254 e. The normalized spacial score (nSPS) is 10.9. The molecule has 0 fully saturated rings. The van der Waals surface area contributed by atoms with Crippen molar-refractivity contribution in [2.45, 2.75) is 39.8 Å². The number of nitrogens with zero attached hydrogens (tertiary/aromatic N) is 2. The third-order valence-corrected chi connectivity index (χ3v) is 7.56. The second-order valence-electron chi connectivity index (χ2n) is 10.8. The van der Waals surface area contributed by atoms with E-state index in [-0.39, 0.29) is 30.3 Å². The monoisotopic (exact) mass is 572 g/mol. The third-order valence-electron chi connectivity index (χ3n) is 7.56. The van der Waals surface area contributed by atoms with Crippen LogP contribution in [0.2, 0.25) is 0 Å². The molecule has 0 unspecified atom stereocenters. The Kier molecular flexibility index (Phi) is 9.47. The summed E-state index contributed by atoms with van der Waals surface area (Å²) in [6.45, 7) is 4.71. The van der Waals surface area contributed by atoms with Crippen molar-refractivity contribution in [3.05, 3.63) is 142 Å². The summed E-state index contributed by atoms with van der Waals surface area (Å²) in [5.74, 6) is -0.431. The van der Waals surface area contributed by atoms with E-state index >= 15 is 0 Å². The molecule has 0 aliphatic rings. The molecule has 0 aliphatic carbocycles. The van der Waals surface area contributed by atoms with Crippen molar-refractivity contribution >= 4 is 22.8 Å². The summed E-state index contributed by atoms with van der Waals surface area (Å²) < 4.78 is 5.78. The molecule has 6 heteroatoms. The molecule has 0 N–H and O–H groups in total. The molecule has 5 rings (SSSR count). The van der Waals surface area contributed by atoms with Gasteiger partial charge in [0.15, 0.2) is 5.43 Å². The first kappa shape index (κ1) is 29.5. The fourth-order valence-corrected chi connectivity index (χ4v) is 5.12. The van der Waals surface area contributed by atoms with E-state index in [1.54, 1.807) is 15.9 Å². The second kappa shape index (κ2) is 13.8. The van der Waals surface area contributed by atoms with Gasteiger partial charge in [-0.2, -0.15) is 0 Å². The van der Waals surface area contributed by atoms with Crippen LogP contribution in [0.1, 0.15) is 46.8 Å². The van der Waals surface area contributed by atoms with Crippen molar-refractivity contribution in [1.82, 2.24) is 9.80 Å². The zero-order chi connectivity index (χ0) is 30.2. The molecular weight excluding hydrogens is 536 g/mol. The Morgan fingerprint density at radius 3 is 2.14 bits per heavy atom. The van der Waals surface area contributed by atoms with E-state index in [4.69, 9.17) is 4.42 Å². The zero-order valence-corrected chi connectivity index (χ0v) is 24.7. The summed E-state index contributed by atoms with van der Waals surface area (Å²) in [6, 6.07) is 32.6. The lowest BCUT2D eigenvalue weighted by molar-refractivity contribution is -0.133. The van der Waals surface area contributed by atoms with Crippen LogP contribution in [-0.2, 0) is 17.9 Å². The maximum absolute atomic E-state index is 13.9. The molecule has 4 aromatic carbocycles. The number of fused-ring (bicyclic) bond motifs is 1. The Balaban J connectivity index is 1.40. The van der Waals surface area contributed by atoms with Gasteiger partial charge in [0.1, 0.15) is 12.1 Å². The largest absolute Gasteiger partial charge is 0.464 e. The number of hydrogen-bond acceptors (Lipinski definition) is 4. The average molecular weight is 573 g/mol. The second-order valence-corrected chi connectivity index (χ2v) is 10.8. The summed E-state index contributed by atoms with van der Waals surface area (Å²) >= 11 is 0. The molecule has 0 aliphatic heterocycles. The number of hydrogen-bond donors (Lipinski definition) is 0. The minimum absolute atomic E-state index is 0.0710. The lowest BCUT2D eigenvalue weighted by Gasteiger charge is -2.28. The highest BCUT2D eigenvalue weighted by Gasteiger charge is 2.24. The average Bonchev–Trinajstić information content (AvgIpc) is 3.04. The molecule has 1 aromatic heterocycles. The van der Waals surface area contributed by atoms with E-state index in [1.807, 2.05) is 104 Å². The SMILES string of the molecule is CCCCN(CC(=O)N(Cc1ccccc1)Cc1coc2ccc(C)cc2c1=O)C(=O)c1ccc(-c2ccccc2)cc1. The zero-order valence-electron chi connectivity index (χ0n) is 24.7. The number of carbonyl (C=O) groups excluding carboxylic acids is 2. The molecule has 2 amide bonds. The van der Waals surface area contributed by atoms with Gasteiger partial charge in [-0.1, -0.05) is 97.8 Å². The molecule has 1 heterocycles. The van der Waals surface area contributed by atoms with E-state index in [0.717, 1.165) is 35.1 Å². The van der Waals surface area contributed by atoms with E-state index in [9.17, 15) is 14.4 Å². The Morgan fingerprint density at radius 2 is 1.44 bits per heavy atom. The Hall–Kier alpha value is -4.97.